The van der Waals surface area contributed by atoms with Gasteiger partial charge in [0.15, 0.2) is 7.37 Å². The van der Waals surface area contributed by atoms with Crippen molar-refractivity contribution in [3.05, 3.63) is 44.1 Å². The number of carboxylic acids is 1. The van der Waals surface area contributed by atoms with Crippen molar-refractivity contribution in [2.24, 2.45) is 5.73 Å². The van der Waals surface area contributed by atoms with Crippen molar-refractivity contribution < 1.29 is 37.5 Å². The van der Waals surface area contributed by atoms with E-state index in [0.29, 0.717) is 12.1 Å². The number of carboxylic acid groups (broad SMARTS) is 1. The summed E-state index contributed by atoms with van der Waals surface area (Å²) < 4.78 is 49.3. The molecule has 178 valence electrons. The number of aromatic nitrogens is 2. The van der Waals surface area contributed by atoms with Gasteiger partial charge in [-0.1, -0.05) is 23.2 Å². The normalized spacial score (nSPS) is 14.1. The van der Waals surface area contributed by atoms with Crippen LogP contribution in [0.1, 0.15) is 12.0 Å². The molecular formula is C15H17Cl2F3N5O6P. The van der Waals surface area contributed by atoms with E-state index in [9.17, 15) is 32.6 Å². The fourth-order valence-corrected chi connectivity index (χ4v) is 3.51. The fraction of sp³-hybridized carbons (Fsp3) is 0.333. The van der Waals surface area contributed by atoms with E-state index < -0.39 is 47.5 Å². The summed E-state index contributed by atoms with van der Waals surface area (Å²) in [7, 11) is -3.10. The molecule has 6 N–H and O–H groups in total. The lowest BCUT2D eigenvalue weighted by atomic mass is 10.2. The van der Waals surface area contributed by atoms with Crippen LogP contribution >= 0.6 is 30.6 Å². The molecule has 0 saturated heterocycles. The van der Waals surface area contributed by atoms with E-state index in [0.717, 1.165) is 10.9 Å². The molecule has 17 heteroatoms. The van der Waals surface area contributed by atoms with Crippen LogP contribution in [0.15, 0.2) is 18.3 Å². The Balaban J connectivity index is 0.000000396. The second-order valence-corrected chi connectivity index (χ2v) is 9.74. The largest absolute Gasteiger partial charge is 0.480 e. The van der Waals surface area contributed by atoms with Crippen molar-refractivity contribution in [2.45, 2.75) is 18.6 Å². The van der Waals surface area contributed by atoms with Gasteiger partial charge in [-0.15, -0.1) is 0 Å². The molecule has 2 atom stereocenters. The van der Waals surface area contributed by atoms with Gasteiger partial charge in [-0.3, -0.25) is 19.5 Å². The number of rotatable bonds is 6. The number of anilines is 1. The fourth-order valence-electron chi connectivity index (χ4n) is 2.10. The lowest BCUT2D eigenvalue weighted by Crippen LogP contribution is -2.30. The summed E-state index contributed by atoms with van der Waals surface area (Å²) in [5.41, 5.74) is 8.87. The number of nitrogens with zero attached hydrogens (tertiary/aromatic N) is 3. The predicted octanol–water partition coefficient (Wildman–Crippen LogP) is 3.38. The number of aliphatic carboxylic acids is 1. The van der Waals surface area contributed by atoms with Crippen molar-refractivity contribution in [3.63, 3.8) is 0 Å². The first-order chi connectivity index (χ1) is 14.5. The second-order valence-electron chi connectivity index (χ2n) is 6.38. The highest BCUT2D eigenvalue weighted by atomic mass is 35.5. The van der Waals surface area contributed by atoms with Gasteiger partial charge in [-0.2, -0.15) is 18.3 Å². The first-order valence-electron chi connectivity index (χ1n) is 8.28. The number of benzene rings is 1. The third-order valence-corrected chi connectivity index (χ3v) is 5.38. The number of halogens is 5. The molecule has 0 aliphatic heterocycles. The molecule has 0 spiro atoms. The average molecular weight is 522 g/mol. The van der Waals surface area contributed by atoms with Gasteiger partial charge in [-0.25, -0.2) is 4.68 Å². The maximum absolute atomic E-state index is 12.6. The highest BCUT2D eigenvalue weighted by Gasteiger charge is 2.33. The molecule has 0 aliphatic carbocycles. The minimum Gasteiger partial charge on any atom is -0.480 e. The predicted molar refractivity (Wildman–Crippen MR) is 110 cm³/mol. The number of carbonyl (C=O) groups is 1. The van der Waals surface area contributed by atoms with Gasteiger partial charge in [0, 0.05) is 12.8 Å². The number of nitrogens with two attached hydrogens (primary N) is 2. The topological polar surface area (TPSA) is 188 Å². The standard InChI is InChI=1S/C10H5Cl2F3N4O2.C5H12NO4P/c11-5-1-4(10(13,14)15)2-6(12)8(5)18-9(16)7(3-17-18)19(20)21;1-11(9,10)3-2-4(6)5(7)8/h1-3H,16H2;4H,2-3,6H2,1H3,(H,7,8)(H,9,10). The van der Waals surface area contributed by atoms with Crippen molar-refractivity contribution in [1.29, 1.82) is 0 Å². The van der Waals surface area contributed by atoms with Crippen LogP contribution in [0.4, 0.5) is 24.7 Å². The molecule has 1 aromatic heterocycles. The van der Waals surface area contributed by atoms with E-state index in [1.807, 2.05) is 0 Å². The van der Waals surface area contributed by atoms with Gasteiger partial charge in [0.25, 0.3) is 0 Å². The number of nitro groups is 1. The Labute approximate surface area is 188 Å². The monoisotopic (exact) mass is 521 g/mol. The van der Waals surface area contributed by atoms with E-state index in [4.69, 9.17) is 44.7 Å². The third kappa shape index (κ3) is 7.64. The molecule has 2 rings (SSSR count). The van der Waals surface area contributed by atoms with Gasteiger partial charge in [0.2, 0.25) is 5.82 Å². The van der Waals surface area contributed by atoms with Gasteiger partial charge in [0.1, 0.15) is 17.9 Å². The van der Waals surface area contributed by atoms with E-state index in [1.165, 1.54) is 6.66 Å². The van der Waals surface area contributed by atoms with Crippen LogP contribution < -0.4 is 11.5 Å². The number of alkyl halides is 3. The van der Waals surface area contributed by atoms with E-state index in [-0.39, 0.29) is 28.3 Å². The smallest absolute Gasteiger partial charge is 0.416 e. The molecule has 0 fully saturated rings. The summed E-state index contributed by atoms with van der Waals surface area (Å²) in [6, 6.07) is 0.237. The second kappa shape index (κ2) is 10.5. The Morgan fingerprint density at radius 2 is 1.88 bits per heavy atom. The minimum atomic E-state index is -4.63. The Hall–Kier alpha value is -2.38. The molecule has 1 heterocycles. The minimum absolute atomic E-state index is 0.0412. The molecule has 32 heavy (non-hydrogen) atoms. The Kier molecular flexibility index (Phi) is 9.07. The van der Waals surface area contributed by atoms with Gasteiger partial charge < -0.3 is 21.5 Å². The van der Waals surface area contributed by atoms with Gasteiger partial charge >= 0.3 is 17.8 Å². The van der Waals surface area contributed by atoms with Crippen molar-refractivity contribution >= 4 is 48.0 Å². The van der Waals surface area contributed by atoms with Crippen molar-refractivity contribution in [1.82, 2.24) is 9.78 Å². The highest BCUT2D eigenvalue weighted by Crippen LogP contribution is 2.39. The highest BCUT2D eigenvalue weighted by molar-refractivity contribution is 7.57. The van der Waals surface area contributed by atoms with Crippen molar-refractivity contribution in [3.8, 4) is 5.69 Å². The number of hydrogen-bond donors (Lipinski definition) is 4. The zero-order valence-electron chi connectivity index (χ0n) is 16.1. The summed E-state index contributed by atoms with van der Waals surface area (Å²) in [5.74, 6) is -1.54. The summed E-state index contributed by atoms with van der Waals surface area (Å²) in [4.78, 5) is 28.8. The van der Waals surface area contributed by atoms with Crippen LogP contribution in [0.2, 0.25) is 10.0 Å². The zero-order chi connectivity index (χ0) is 25.0. The first kappa shape index (κ1) is 27.7. The van der Waals surface area contributed by atoms with E-state index in [1.54, 1.807) is 0 Å². The molecule has 1 aromatic carbocycles. The van der Waals surface area contributed by atoms with Crippen LogP contribution in [0, 0.1) is 10.1 Å². The Morgan fingerprint density at radius 1 is 1.38 bits per heavy atom. The van der Waals surface area contributed by atoms with Crippen LogP contribution in [-0.2, 0) is 15.5 Å². The molecule has 0 bridgehead atoms. The molecular weight excluding hydrogens is 505 g/mol. The molecule has 2 unspecified atom stereocenters. The number of hydrogen-bond acceptors (Lipinski definition) is 7. The molecule has 0 radical (unpaired) electrons. The molecule has 2 aromatic rings. The molecule has 0 saturated carbocycles. The van der Waals surface area contributed by atoms with Crippen LogP contribution in [-0.4, -0.2) is 49.5 Å². The van der Waals surface area contributed by atoms with Crippen molar-refractivity contribution in [2.75, 3.05) is 18.6 Å². The van der Waals surface area contributed by atoms with Crippen LogP contribution in [0.3, 0.4) is 0 Å². The summed E-state index contributed by atoms with van der Waals surface area (Å²) in [5, 5.41) is 21.8. The van der Waals surface area contributed by atoms with E-state index in [2.05, 4.69) is 5.10 Å². The maximum atomic E-state index is 12.6. The average Bonchev–Trinajstić information content (AvgIpc) is 2.99. The molecule has 0 amide bonds. The third-order valence-electron chi connectivity index (χ3n) is 3.71. The molecule has 0 aliphatic rings. The van der Waals surface area contributed by atoms with Crippen LogP contribution in [0.25, 0.3) is 5.69 Å². The Bertz CT molecular complexity index is 1040. The Morgan fingerprint density at radius 3 is 2.22 bits per heavy atom. The van der Waals surface area contributed by atoms with E-state index >= 15 is 0 Å². The maximum Gasteiger partial charge on any atom is 0.416 e. The summed E-state index contributed by atoms with van der Waals surface area (Å²) in [6.07, 6.45) is -3.78. The lowest BCUT2D eigenvalue weighted by Gasteiger charge is -2.12. The van der Waals surface area contributed by atoms with Crippen LogP contribution in [0.5, 0.6) is 0 Å². The summed E-state index contributed by atoms with van der Waals surface area (Å²) in [6.45, 7) is 1.18. The quantitative estimate of drug-likeness (QED) is 0.251. The van der Waals surface area contributed by atoms with Gasteiger partial charge in [0.05, 0.1) is 20.5 Å². The SMILES string of the molecule is CP(=O)(O)CCC(N)C(=O)O.Nc1c([N+](=O)[O-])cnn1-c1c(Cl)cc(C(F)(F)F)cc1Cl. The molecule has 11 nitrogen and oxygen atoms in total. The number of nitrogen functional groups attached to an aromatic ring is 1. The lowest BCUT2D eigenvalue weighted by molar-refractivity contribution is -0.383. The van der Waals surface area contributed by atoms with Gasteiger partial charge in [-0.05, 0) is 18.6 Å². The zero-order valence-corrected chi connectivity index (χ0v) is 18.5. The first-order valence-corrected chi connectivity index (χ1v) is 11.3. The summed E-state index contributed by atoms with van der Waals surface area (Å²) >= 11 is 11.5.